The fourth-order valence-electron chi connectivity index (χ4n) is 0.431. The first kappa shape index (κ1) is 20.0. The van der Waals surface area contributed by atoms with E-state index in [4.69, 9.17) is 4.89 Å². The van der Waals surface area contributed by atoms with E-state index in [1.165, 1.54) is 0 Å². The summed E-state index contributed by atoms with van der Waals surface area (Å²) in [6.45, 7) is 4.86. The van der Waals surface area contributed by atoms with E-state index in [0.29, 0.717) is 0 Å². The molecule has 0 aromatic rings. The van der Waals surface area contributed by atoms with Crippen LogP contribution in [0, 0.1) is 12.5 Å². The van der Waals surface area contributed by atoms with Crippen LogP contribution in [0.1, 0.15) is 20.8 Å². The second-order valence-corrected chi connectivity index (χ2v) is 4.18. The number of hydrogen-bond acceptors (Lipinski definition) is 3. The summed E-state index contributed by atoms with van der Waals surface area (Å²) in [4.78, 5) is 8.82. The maximum atomic E-state index is 10.8. The maximum absolute atomic E-state index is 10.8. The molecule has 0 aromatic carbocycles. The Bertz CT molecular complexity index is 218. The van der Waals surface area contributed by atoms with Gasteiger partial charge < -0.3 is 4.52 Å². The summed E-state index contributed by atoms with van der Waals surface area (Å²) in [7, 11) is -4.05. The number of rotatable bonds is 2. The quantitative estimate of drug-likeness (QED) is 0.415. The molecule has 0 heterocycles. The Morgan fingerprint density at radius 3 is 2.00 bits per heavy atom. The van der Waals surface area contributed by atoms with E-state index in [1.807, 2.05) is 0 Å². The molecule has 1 N–H and O–H groups in total. The molecule has 0 aliphatic rings. The van der Waals surface area contributed by atoms with Gasteiger partial charge in [-0.15, -0.1) is 0 Å². The molecule has 13 heavy (non-hydrogen) atoms. The van der Waals surface area contributed by atoms with Crippen LogP contribution in [0.3, 0.4) is 0 Å². The van der Waals surface area contributed by atoms with E-state index in [1.54, 1.807) is 26.9 Å². The van der Waals surface area contributed by atoms with Gasteiger partial charge in [-0.2, -0.15) is 0 Å². The molecule has 0 bridgehead atoms. The average molecular weight is 226 g/mol. The molecule has 0 amide bonds. The van der Waals surface area contributed by atoms with Gasteiger partial charge in [0.15, 0.2) is 0 Å². The van der Waals surface area contributed by atoms with Gasteiger partial charge in [-0.1, -0.05) is 6.42 Å². The molecule has 7 heteroatoms. The Balaban J connectivity index is -0.000000500. The Labute approximate surface area is 123 Å². The summed E-state index contributed by atoms with van der Waals surface area (Å²) in [5.41, 5.74) is -0.749. The molecule has 0 radical (unpaired) electrons. The molecular formula is C6H13Na2O4P. The summed E-state index contributed by atoms with van der Waals surface area (Å²) in [5.74, 6) is 0. The monoisotopic (exact) mass is 226 g/mol. The van der Waals surface area contributed by atoms with Crippen LogP contribution in [0.2, 0.25) is 0 Å². The Morgan fingerprint density at radius 2 is 1.77 bits per heavy atom. The van der Waals surface area contributed by atoms with Crippen LogP contribution in [-0.2, 0) is 13.6 Å². The summed E-state index contributed by atoms with van der Waals surface area (Å²) in [5, 5.41) is 0. The van der Waals surface area contributed by atoms with Crippen LogP contribution in [0.5, 0.6) is 0 Å². The molecule has 0 aromatic heterocycles. The molecule has 0 aliphatic carbocycles. The van der Waals surface area contributed by atoms with Gasteiger partial charge in [0.1, 0.15) is 6.11 Å². The van der Waals surface area contributed by atoms with Gasteiger partial charge in [0.05, 0.1) is 5.60 Å². The van der Waals surface area contributed by atoms with Crippen molar-refractivity contribution in [1.29, 1.82) is 0 Å². The van der Waals surface area contributed by atoms with E-state index < -0.39 is 13.4 Å². The molecule has 0 rings (SSSR count). The fourth-order valence-corrected chi connectivity index (χ4v) is 1.29. The van der Waals surface area contributed by atoms with E-state index >= 15 is 0 Å². The van der Waals surface area contributed by atoms with Gasteiger partial charge in [-0.3, -0.25) is 9.42 Å². The summed E-state index contributed by atoms with van der Waals surface area (Å²) in [6.07, 6.45) is 6.24. The van der Waals surface area contributed by atoms with Crippen molar-refractivity contribution in [3.63, 3.8) is 0 Å². The Morgan fingerprint density at radius 1 is 1.38 bits per heavy atom. The fraction of sp³-hybridized carbons (Fsp3) is 0.667. The van der Waals surface area contributed by atoms with Crippen molar-refractivity contribution in [3.8, 4) is 12.5 Å². The van der Waals surface area contributed by atoms with Crippen LogP contribution in [-0.4, -0.2) is 69.6 Å². The minimum absolute atomic E-state index is 0. The van der Waals surface area contributed by atoms with Crippen LogP contribution in [0.25, 0.3) is 0 Å². The van der Waals surface area contributed by atoms with Gasteiger partial charge in [0.25, 0.3) is 0 Å². The zero-order valence-electron chi connectivity index (χ0n) is 6.70. The van der Waals surface area contributed by atoms with Crippen LogP contribution >= 0.6 is 7.82 Å². The normalized spacial score (nSPS) is 14.1. The zero-order chi connectivity index (χ0) is 9.12. The van der Waals surface area contributed by atoms with Crippen molar-refractivity contribution < 1.29 is 18.5 Å². The molecule has 0 saturated heterocycles. The summed E-state index contributed by atoms with van der Waals surface area (Å²) >= 11 is 0. The molecule has 1 unspecified atom stereocenters. The first-order valence-electron chi connectivity index (χ1n) is 2.94. The van der Waals surface area contributed by atoms with Gasteiger partial charge in [-0.25, -0.2) is 4.57 Å². The van der Waals surface area contributed by atoms with Crippen molar-refractivity contribution in [2.24, 2.45) is 0 Å². The third-order valence-electron chi connectivity index (χ3n) is 0.557. The van der Waals surface area contributed by atoms with Crippen molar-refractivity contribution in [2.45, 2.75) is 26.4 Å². The third-order valence-corrected chi connectivity index (χ3v) is 1.67. The van der Waals surface area contributed by atoms with Crippen molar-refractivity contribution >= 4 is 66.9 Å². The zero-order valence-corrected chi connectivity index (χ0v) is 7.59. The molecule has 68 valence electrons. The van der Waals surface area contributed by atoms with Crippen molar-refractivity contribution in [3.05, 3.63) is 0 Å². The van der Waals surface area contributed by atoms with E-state index in [0.717, 1.165) is 0 Å². The van der Waals surface area contributed by atoms with E-state index in [2.05, 4.69) is 15.5 Å². The Hall–Kier alpha value is 1.51. The van der Waals surface area contributed by atoms with Gasteiger partial charge in [0.2, 0.25) is 0 Å². The average Bonchev–Trinajstić information content (AvgIpc) is 1.55. The molecule has 0 spiro atoms. The summed E-state index contributed by atoms with van der Waals surface area (Å²) < 4.78 is 19.4. The predicted molar refractivity (Wildman–Crippen MR) is 54.9 cm³/mol. The van der Waals surface area contributed by atoms with Crippen LogP contribution < -0.4 is 0 Å². The minimum atomic E-state index is -4.05. The van der Waals surface area contributed by atoms with Gasteiger partial charge in [-0.05, 0) is 20.8 Å². The Kier molecular flexibility index (Phi) is 11.9. The van der Waals surface area contributed by atoms with E-state index in [9.17, 15) is 4.57 Å². The van der Waals surface area contributed by atoms with Crippen LogP contribution in [0.15, 0.2) is 0 Å². The van der Waals surface area contributed by atoms with E-state index in [-0.39, 0.29) is 59.1 Å². The summed E-state index contributed by atoms with van der Waals surface area (Å²) in [6, 6.07) is 0. The second kappa shape index (κ2) is 7.76. The molecule has 0 fully saturated rings. The van der Waals surface area contributed by atoms with Crippen molar-refractivity contribution in [1.82, 2.24) is 0 Å². The third kappa shape index (κ3) is 13.5. The standard InChI is InChI=1S/C6H11O4P.2Na.2H/c1-5-9-11(7,8)10-6(2,3)4;;;;/h1H,2-4H3,(H,7,8);;;;. The second-order valence-electron chi connectivity index (χ2n) is 2.88. The number of hydrogen-bond donors (Lipinski definition) is 1. The number of phosphoric ester groups is 1. The number of phosphoric acid groups is 1. The predicted octanol–water partition coefficient (Wildman–Crippen LogP) is 0.212. The molecule has 1 atom stereocenters. The SMILES string of the molecule is C#COP(=O)(O)OC(C)(C)C.[NaH].[NaH]. The first-order chi connectivity index (χ1) is 4.77. The molecule has 0 saturated carbocycles. The topological polar surface area (TPSA) is 55.8 Å². The first-order valence-corrected chi connectivity index (χ1v) is 4.44. The molecule has 0 aliphatic heterocycles. The van der Waals surface area contributed by atoms with Crippen LogP contribution in [0.4, 0.5) is 0 Å². The van der Waals surface area contributed by atoms with Gasteiger partial charge >= 0.3 is 66.9 Å². The molecule has 4 nitrogen and oxygen atoms in total. The number of terminal acetylenes is 1. The molecular weight excluding hydrogens is 213 g/mol. The van der Waals surface area contributed by atoms with Gasteiger partial charge in [0, 0.05) is 0 Å². The van der Waals surface area contributed by atoms with Crippen molar-refractivity contribution in [2.75, 3.05) is 0 Å².